The first-order valence-corrected chi connectivity index (χ1v) is 7.81. The summed E-state index contributed by atoms with van der Waals surface area (Å²) in [5, 5.41) is 5.59. The zero-order valence-electron chi connectivity index (χ0n) is 13.0. The minimum absolute atomic E-state index is 0.508. The summed E-state index contributed by atoms with van der Waals surface area (Å²) in [5.74, 6) is 1.68. The summed E-state index contributed by atoms with van der Waals surface area (Å²) in [5.41, 5.74) is 4.37. The Morgan fingerprint density at radius 1 is 1.29 bits per heavy atom. The van der Waals surface area contributed by atoms with Gasteiger partial charge in [0.05, 0.1) is 6.20 Å². The van der Waals surface area contributed by atoms with Gasteiger partial charge in [-0.3, -0.25) is 5.43 Å². The van der Waals surface area contributed by atoms with Crippen LogP contribution in [0.3, 0.4) is 0 Å². The first kappa shape index (κ1) is 14.1. The van der Waals surface area contributed by atoms with Crippen LogP contribution in [0.2, 0.25) is 0 Å². The molecule has 3 rings (SSSR count). The number of nitrogens with zero attached hydrogens (tertiary/aromatic N) is 4. The second-order valence-corrected chi connectivity index (χ2v) is 5.81. The second kappa shape index (κ2) is 5.89. The number of nitrogens with one attached hydrogen (secondary N) is 2. The van der Waals surface area contributed by atoms with Crippen LogP contribution in [0.15, 0.2) is 18.6 Å². The molecule has 0 saturated carbocycles. The highest BCUT2D eigenvalue weighted by Crippen LogP contribution is 2.25. The molecule has 0 amide bonds. The molecule has 6 nitrogen and oxygen atoms in total. The van der Waals surface area contributed by atoms with Gasteiger partial charge < -0.3 is 9.72 Å². The minimum atomic E-state index is 0.508. The van der Waals surface area contributed by atoms with Gasteiger partial charge in [0.2, 0.25) is 0 Å². The number of aromatic nitrogens is 3. The van der Waals surface area contributed by atoms with E-state index in [0.29, 0.717) is 12.1 Å². The molecule has 0 aliphatic carbocycles. The lowest BCUT2D eigenvalue weighted by Crippen LogP contribution is -2.47. The number of fused-ring (bicyclic) bond motifs is 1. The minimum Gasteiger partial charge on any atom is -0.369 e. The van der Waals surface area contributed by atoms with Gasteiger partial charge in [0, 0.05) is 31.0 Å². The maximum absolute atomic E-state index is 4.68. The van der Waals surface area contributed by atoms with Gasteiger partial charge in [0.1, 0.15) is 5.82 Å². The van der Waals surface area contributed by atoms with Crippen LogP contribution in [0.25, 0.3) is 5.65 Å². The Hall–Kier alpha value is -1.82. The molecule has 2 aromatic rings. The summed E-state index contributed by atoms with van der Waals surface area (Å²) in [6.07, 6.45) is 9.46. The van der Waals surface area contributed by atoms with Crippen LogP contribution in [-0.4, -0.2) is 38.0 Å². The van der Waals surface area contributed by atoms with Crippen LogP contribution in [0, 0.1) is 0 Å². The SMILES string of the molecule is CCNc1cn2ccnc2c(NN2C(C)CCCC2C)n1. The van der Waals surface area contributed by atoms with Crippen molar-refractivity contribution in [2.24, 2.45) is 0 Å². The summed E-state index contributed by atoms with van der Waals surface area (Å²) in [4.78, 5) is 9.10. The number of anilines is 2. The average molecular weight is 288 g/mol. The number of piperidine rings is 1. The van der Waals surface area contributed by atoms with Crippen molar-refractivity contribution in [1.29, 1.82) is 0 Å². The number of hydrogen-bond acceptors (Lipinski definition) is 5. The summed E-state index contributed by atoms with van der Waals surface area (Å²) < 4.78 is 2.01. The van der Waals surface area contributed by atoms with Crippen LogP contribution in [0.4, 0.5) is 11.6 Å². The molecule has 6 heteroatoms. The Labute approximate surface area is 125 Å². The first-order chi connectivity index (χ1) is 10.2. The standard InChI is InChI=1S/C15H24N6/c1-4-16-13-10-20-9-8-17-15(20)14(18-13)19-21-11(2)6-5-7-12(21)3/h8-12,16H,4-7H2,1-3H3,(H,18,19). The summed E-state index contributed by atoms with van der Waals surface area (Å²) >= 11 is 0. The number of hydrazine groups is 1. The average Bonchev–Trinajstić information content (AvgIpc) is 2.92. The molecule has 0 radical (unpaired) electrons. The van der Waals surface area contributed by atoms with E-state index in [2.05, 4.69) is 46.5 Å². The van der Waals surface area contributed by atoms with Crippen LogP contribution < -0.4 is 10.7 Å². The summed E-state index contributed by atoms with van der Waals surface area (Å²) in [7, 11) is 0. The van der Waals surface area contributed by atoms with Crippen LogP contribution in [0.5, 0.6) is 0 Å². The largest absolute Gasteiger partial charge is 0.369 e. The van der Waals surface area contributed by atoms with Gasteiger partial charge in [-0.25, -0.2) is 15.0 Å². The fraction of sp³-hybridized carbons (Fsp3) is 0.600. The Morgan fingerprint density at radius 3 is 2.76 bits per heavy atom. The monoisotopic (exact) mass is 288 g/mol. The second-order valence-electron chi connectivity index (χ2n) is 5.81. The molecule has 2 unspecified atom stereocenters. The number of rotatable bonds is 4. The zero-order valence-corrected chi connectivity index (χ0v) is 13.0. The van der Waals surface area contributed by atoms with Crippen LogP contribution >= 0.6 is 0 Å². The molecule has 2 aromatic heterocycles. The van der Waals surface area contributed by atoms with E-state index in [1.165, 1.54) is 19.3 Å². The lowest BCUT2D eigenvalue weighted by Gasteiger charge is -2.39. The van der Waals surface area contributed by atoms with E-state index in [4.69, 9.17) is 0 Å². The van der Waals surface area contributed by atoms with E-state index in [-0.39, 0.29) is 0 Å². The molecule has 1 fully saturated rings. The lowest BCUT2D eigenvalue weighted by molar-refractivity contribution is 0.135. The fourth-order valence-corrected chi connectivity index (χ4v) is 3.04. The van der Waals surface area contributed by atoms with Gasteiger partial charge in [0.15, 0.2) is 11.5 Å². The van der Waals surface area contributed by atoms with Gasteiger partial charge in [-0.15, -0.1) is 0 Å². The van der Waals surface area contributed by atoms with Crippen molar-refractivity contribution in [3.63, 3.8) is 0 Å². The molecule has 1 aliphatic heterocycles. The van der Waals surface area contributed by atoms with E-state index in [9.17, 15) is 0 Å². The quantitative estimate of drug-likeness (QED) is 0.906. The fourth-order valence-electron chi connectivity index (χ4n) is 3.04. The van der Waals surface area contributed by atoms with Gasteiger partial charge in [0.25, 0.3) is 0 Å². The predicted octanol–water partition coefficient (Wildman–Crippen LogP) is 2.75. The van der Waals surface area contributed by atoms with Gasteiger partial charge in [-0.1, -0.05) is 6.42 Å². The van der Waals surface area contributed by atoms with E-state index in [0.717, 1.165) is 23.8 Å². The maximum Gasteiger partial charge on any atom is 0.186 e. The molecule has 114 valence electrons. The molecule has 2 N–H and O–H groups in total. The van der Waals surface area contributed by atoms with Crippen molar-refractivity contribution in [3.05, 3.63) is 18.6 Å². The molecule has 0 spiro atoms. The van der Waals surface area contributed by atoms with Crippen molar-refractivity contribution in [2.75, 3.05) is 17.3 Å². The maximum atomic E-state index is 4.68. The predicted molar refractivity (Wildman–Crippen MR) is 85.4 cm³/mol. The highest BCUT2D eigenvalue weighted by Gasteiger charge is 2.25. The molecule has 1 aliphatic rings. The zero-order chi connectivity index (χ0) is 14.8. The topological polar surface area (TPSA) is 57.5 Å². The Morgan fingerprint density at radius 2 is 2.05 bits per heavy atom. The molecule has 1 saturated heterocycles. The van der Waals surface area contributed by atoms with Crippen molar-refractivity contribution >= 4 is 17.3 Å². The summed E-state index contributed by atoms with van der Waals surface area (Å²) in [6.45, 7) is 7.45. The number of hydrogen-bond donors (Lipinski definition) is 2. The van der Waals surface area contributed by atoms with Gasteiger partial charge >= 0.3 is 0 Å². The normalized spacial score (nSPS) is 23.4. The molecular weight excluding hydrogens is 264 g/mol. The molecule has 21 heavy (non-hydrogen) atoms. The van der Waals surface area contributed by atoms with E-state index in [1.54, 1.807) is 6.20 Å². The third kappa shape index (κ3) is 2.81. The Kier molecular flexibility index (Phi) is 3.96. The van der Waals surface area contributed by atoms with Crippen LogP contribution in [0.1, 0.15) is 40.0 Å². The van der Waals surface area contributed by atoms with Crippen molar-refractivity contribution in [2.45, 2.75) is 52.1 Å². The Balaban J connectivity index is 1.92. The Bertz CT molecular complexity index is 597. The molecule has 0 bridgehead atoms. The van der Waals surface area contributed by atoms with E-state index in [1.807, 2.05) is 16.8 Å². The third-order valence-corrected chi connectivity index (χ3v) is 4.16. The lowest BCUT2D eigenvalue weighted by atomic mass is 10.00. The van der Waals surface area contributed by atoms with Gasteiger partial charge in [-0.05, 0) is 33.6 Å². The van der Waals surface area contributed by atoms with Crippen molar-refractivity contribution < 1.29 is 0 Å². The number of imidazole rings is 1. The highest BCUT2D eigenvalue weighted by molar-refractivity contribution is 5.65. The first-order valence-electron chi connectivity index (χ1n) is 7.81. The van der Waals surface area contributed by atoms with Crippen LogP contribution in [-0.2, 0) is 0 Å². The van der Waals surface area contributed by atoms with Gasteiger partial charge in [-0.2, -0.15) is 0 Å². The highest BCUT2D eigenvalue weighted by atomic mass is 15.6. The molecule has 2 atom stereocenters. The summed E-state index contributed by atoms with van der Waals surface area (Å²) in [6, 6.07) is 1.02. The van der Waals surface area contributed by atoms with E-state index < -0.39 is 0 Å². The van der Waals surface area contributed by atoms with E-state index >= 15 is 0 Å². The third-order valence-electron chi connectivity index (χ3n) is 4.16. The molecule has 3 heterocycles. The molecular formula is C15H24N6. The smallest absolute Gasteiger partial charge is 0.186 e. The van der Waals surface area contributed by atoms with Crippen molar-refractivity contribution in [1.82, 2.24) is 19.4 Å². The van der Waals surface area contributed by atoms with Crippen molar-refractivity contribution in [3.8, 4) is 0 Å². The molecule has 0 aromatic carbocycles.